The number of quaternary nitrogens is 1. The van der Waals surface area contributed by atoms with Gasteiger partial charge >= 0.3 is 5.97 Å². The number of nitrogens with two attached hydrogens (primary N) is 1. The van der Waals surface area contributed by atoms with Gasteiger partial charge < -0.3 is 14.5 Å². The van der Waals surface area contributed by atoms with E-state index in [0.717, 1.165) is 16.5 Å². The third kappa shape index (κ3) is 3.34. The number of carbonyl (C=O) groups excluding carboxylic acids is 1. The molecule has 1 aromatic heterocycles. The highest BCUT2D eigenvalue weighted by Crippen LogP contribution is 2.26. The molecule has 4 heteroatoms. The predicted molar refractivity (Wildman–Crippen MR) is 92.7 cm³/mol. The Labute approximate surface area is 141 Å². The average molecular weight is 324 g/mol. The molecule has 0 saturated carbocycles. The molecule has 0 radical (unpaired) electrons. The van der Waals surface area contributed by atoms with E-state index in [-0.39, 0.29) is 6.04 Å². The summed E-state index contributed by atoms with van der Waals surface area (Å²) < 4.78 is 10.9. The quantitative estimate of drug-likeness (QED) is 0.707. The number of benzene rings is 2. The van der Waals surface area contributed by atoms with Crippen molar-refractivity contribution in [1.29, 1.82) is 0 Å². The van der Waals surface area contributed by atoms with Crippen LogP contribution in [0.4, 0.5) is 0 Å². The Balaban J connectivity index is 1.87. The zero-order chi connectivity index (χ0) is 16.9. The molecule has 1 heterocycles. The zero-order valence-corrected chi connectivity index (χ0v) is 14.0. The second-order valence-corrected chi connectivity index (χ2v) is 5.77. The molecule has 0 aliphatic rings. The summed E-state index contributed by atoms with van der Waals surface area (Å²) in [5.74, 6) is -0.0842. The molecule has 0 saturated heterocycles. The molecule has 0 spiro atoms. The highest BCUT2D eigenvalue weighted by Gasteiger charge is 2.23. The Morgan fingerprint density at radius 1 is 1.12 bits per heavy atom. The summed E-state index contributed by atoms with van der Waals surface area (Å²) in [4.78, 5) is 12.2. The first-order chi connectivity index (χ1) is 11.7. The Hall–Kier alpha value is -2.59. The van der Waals surface area contributed by atoms with Gasteiger partial charge in [0.05, 0.1) is 12.2 Å². The van der Waals surface area contributed by atoms with Crippen LogP contribution in [0.25, 0.3) is 11.0 Å². The van der Waals surface area contributed by atoms with Crippen LogP contribution < -0.4 is 5.32 Å². The smallest absolute Gasteiger partial charge is 0.374 e. The summed E-state index contributed by atoms with van der Waals surface area (Å²) >= 11 is 0. The van der Waals surface area contributed by atoms with Gasteiger partial charge in [0, 0.05) is 10.9 Å². The summed E-state index contributed by atoms with van der Waals surface area (Å²) in [6, 6.07) is 18.3. The topological polar surface area (TPSA) is 56.0 Å². The lowest BCUT2D eigenvalue weighted by molar-refractivity contribution is -0.707. The molecule has 4 nitrogen and oxygen atoms in total. The molecule has 3 rings (SSSR count). The number of esters is 1. The van der Waals surface area contributed by atoms with Gasteiger partial charge in [-0.25, -0.2) is 4.79 Å². The lowest BCUT2D eigenvalue weighted by atomic mass is 10.1. The lowest BCUT2D eigenvalue weighted by Crippen LogP contribution is -2.83. The van der Waals surface area contributed by atoms with E-state index in [1.54, 1.807) is 6.92 Å². The van der Waals surface area contributed by atoms with E-state index in [1.165, 1.54) is 5.56 Å². The number of carbonyl (C=O) groups is 1. The van der Waals surface area contributed by atoms with Crippen LogP contribution in [0.15, 0.2) is 59.0 Å². The van der Waals surface area contributed by atoms with Crippen molar-refractivity contribution in [1.82, 2.24) is 0 Å². The Morgan fingerprint density at radius 3 is 2.58 bits per heavy atom. The molecule has 124 valence electrons. The van der Waals surface area contributed by atoms with Crippen molar-refractivity contribution in [3.05, 3.63) is 71.5 Å². The molecule has 1 atom stereocenters. The van der Waals surface area contributed by atoms with Crippen LogP contribution in [-0.2, 0) is 11.3 Å². The monoisotopic (exact) mass is 324 g/mol. The van der Waals surface area contributed by atoms with E-state index in [0.29, 0.717) is 18.9 Å². The van der Waals surface area contributed by atoms with E-state index >= 15 is 0 Å². The number of furan rings is 1. The van der Waals surface area contributed by atoms with Gasteiger partial charge in [-0.3, -0.25) is 0 Å². The number of rotatable bonds is 6. The fourth-order valence-corrected chi connectivity index (χ4v) is 2.85. The average Bonchev–Trinajstić information content (AvgIpc) is 2.99. The number of para-hydroxylation sites is 1. The normalized spacial score (nSPS) is 12.2. The molecule has 3 aromatic rings. The molecular formula is C20H22NO3+. The van der Waals surface area contributed by atoms with Crippen molar-refractivity contribution in [2.75, 3.05) is 6.61 Å². The first-order valence-electron chi connectivity index (χ1n) is 8.26. The fraction of sp³-hybridized carbons (Fsp3) is 0.250. The third-order valence-electron chi connectivity index (χ3n) is 4.16. The van der Waals surface area contributed by atoms with E-state index in [9.17, 15) is 4.79 Å². The second-order valence-electron chi connectivity index (χ2n) is 5.77. The minimum absolute atomic E-state index is 0.287. The van der Waals surface area contributed by atoms with Gasteiger partial charge in [0.15, 0.2) is 0 Å². The SMILES string of the molecule is CCOC(=O)c1oc2ccccc2c1C[NH2+][C@@H](C)c1ccccc1. The van der Waals surface area contributed by atoms with Crippen LogP contribution in [0.1, 0.15) is 41.6 Å². The maximum absolute atomic E-state index is 12.2. The molecule has 0 amide bonds. The minimum atomic E-state index is -0.399. The van der Waals surface area contributed by atoms with Crippen molar-refractivity contribution < 1.29 is 19.3 Å². The summed E-state index contributed by atoms with van der Waals surface area (Å²) in [5.41, 5.74) is 2.87. The molecule has 0 unspecified atom stereocenters. The molecule has 24 heavy (non-hydrogen) atoms. The summed E-state index contributed by atoms with van der Waals surface area (Å²) in [6.07, 6.45) is 0. The summed E-state index contributed by atoms with van der Waals surface area (Å²) in [5, 5.41) is 3.17. The molecule has 0 fully saturated rings. The van der Waals surface area contributed by atoms with Crippen molar-refractivity contribution >= 4 is 16.9 Å². The van der Waals surface area contributed by atoms with Crippen LogP contribution in [0.5, 0.6) is 0 Å². The Morgan fingerprint density at radius 2 is 1.83 bits per heavy atom. The van der Waals surface area contributed by atoms with E-state index in [1.807, 2.05) is 42.5 Å². The van der Waals surface area contributed by atoms with Crippen molar-refractivity contribution in [2.24, 2.45) is 0 Å². The van der Waals surface area contributed by atoms with Gasteiger partial charge in [0.25, 0.3) is 0 Å². The number of hydrogen-bond acceptors (Lipinski definition) is 3. The van der Waals surface area contributed by atoms with Gasteiger partial charge in [0.1, 0.15) is 18.2 Å². The van der Waals surface area contributed by atoms with Crippen molar-refractivity contribution in [2.45, 2.75) is 26.4 Å². The number of hydrogen-bond donors (Lipinski definition) is 1. The number of ether oxygens (including phenoxy) is 1. The van der Waals surface area contributed by atoms with Crippen LogP contribution in [0, 0.1) is 0 Å². The first-order valence-corrected chi connectivity index (χ1v) is 8.26. The van der Waals surface area contributed by atoms with Gasteiger partial charge in [-0.15, -0.1) is 0 Å². The van der Waals surface area contributed by atoms with Crippen LogP contribution in [0.3, 0.4) is 0 Å². The predicted octanol–water partition coefficient (Wildman–Crippen LogP) is 3.43. The van der Waals surface area contributed by atoms with E-state index in [2.05, 4.69) is 24.4 Å². The second kappa shape index (κ2) is 7.32. The standard InChI is InChI=1S/C20H21NO3/c1-3-23-20(22)19-17(16-11-7-8-12-18(16)24-19)13-21-14(2)15-9-5-4-6-10-15/h4-12,14,21H,3,13H2,1-2H3/p+1/t14-/m0/s1. The van der Waals surface area contributed by atoms with Crippen LogP contribution >= 0.6 is 0 Å². The molecule has 0 aliphatic heterocycles. The van der Waals surface area contributed by atoms with Crippen molar-refractivity contribution in [3.8, 4) is 0 Å². The molecule has 0 bridgehead atoms. The Bertz CT molecular complexity index is 823. The van der Waals surface area contributed by atoms with Gasteiger partial charge in [-0.2, -0.15) is 0 Å². The van der Waals surface area contributed by atoms with Crippen molar-refractivity contribution in [3.63, 3.8) is 0 Å². The third-order valence-corrected chi connectivity index (χ3v) is 4.16. The highest BCUT2D eigenvalue weighted by atomic mass is 16.5. The molecule has 2 N–H and O–H groups in total. The van der Waals surface area contributed by atoms with Gasteiger partial charge in [-0.1, -0.05) is 48.5 Å². The lowest BCUT2D eigenvalue weighted by Gasteiger charge is -2.11. The highest BCUT2D eigenvalue weighted by molar-refractivity contribution is 5.95. The first kappa shape index (κ1) is 16.3. The molecular weight excluding hydrogens is 302 g/mol. The number of fused-ring (bicyclic) bond motifs is 1. The van der Waals surface area contributed by atoms with E-state index in [4.69, 9.17) is 9.15 Å². The minimum Gasteiger partial charge on any atom is -0.460 e. The van der Waals surface area contributed by atoms with Gasteiger partial charge in [-0.05, 0) is 19.9 Å². The molecule has 2 aromatic carbocycles. The summed E-state index contributed by atoms with van der Waals surface area (Å²) in [7, 11) is 0. The van der Waals surface area contributed by atoms with Crippen LogP contribution in [0.2, 0.25) is 0 Å². The van der Waals surface area contributed by atoms with Crippen LogP contribution in [-0.4, -0.2) is 12.6 Å². The Kier molecular flexibility index (Phi) is 4.96. The largest absolute Gasteiger partial charge is 0.460 e. The zero-order valence-electron chi connectivity index (χ0n) is 14.0. The maximum atomic E-state index is 12.2. The molecule has 0 aliphatic carbocycles. The van der Waals surface area contributed by atoms with Gasteiger partial charge in [0.2, 0.25) is 5.76 Å². The van der Waals surface area contributed by atoms with E-state index < -0.39 is 5.97 Å². The fourth-order valence-electron chi connectivity index (χ4n) is 2.85. The summed E-state index contributed by atoms with van der Waals surface area (Å²) in [6.45, 7) is 4.94. The maximum Gasteiger partial charge on any atom is 0.374 e.